The van der Waals surface area contributed by atoms with Crippen molar-refractivity contribution >= 4 is 11.6 Å². The number of aliphatic hydroxyl groups excluding tert-OH is 1. The number of hydrogen-bond donors (Lipinski definition) is 1. The fourth-order valence-corrected chi connectivity index (χ4v) is 3.02. The van der Waals surface area contributed by atoms with Gasteiger partial charge in [0.25, 0.3) is 0 Å². The second kappa shape index (κ2) is 6.32. The van der Waals surface area contributed by atoms with Crippen LogP contribution >= 0.6 is 11.6 Å². The molecular formula is C15H16ClF2N3O. The van der Waals surface area contributed by atoms with Crippen LogP contribution in [0.1, 0.15) is 24.1 Å². The summed E-state index contributed by atoms with van der Waals surface area (Å²) < 4.78 is 29.1. The topological polar surface area (TPSA) is 41.3 Å². The number of hydrogen-bond acceptors (Lipinski definition) is 3. The Morgan fingerprint density at radius 2 is 2.09 bits per heavy atom. The van der Waals surface area contributed by atoms with Gasteiger partial charge in [-0.3, -0.25) is 9.58 Å². The Morgan fingerprint density at radius 1 is 1.36 bits per heavy atom. The molecule has 0 aliphatic carbocycles. The molecule has 2 atom stereocenters. The second-order valence-electron chi connectivity index (χ2n) is 5.49. The van der Waals surface area contributed by atoms with Gasteiger partial charge in [0.15, 0.2) is 0 Å². The summed E-state index contributed by atoms with van der Waals surface area (Å²) in [6, 6.07) is 3.75. The van der Waals surface area contributed by atoms with Gasteiger partial charge in [-0.1, -0.05) is 17.7 Å². The van der Waals surface area contributed by atoms with Gasteiger partial charge in [-0.25, -0.2) is 8.78 Å². The first-order chi connectivity index (χ1) is 10.5. The van der Waals surface area contributed by atoms with Gasteiger partial charge in [-0.2, -0.15) is 5.10 Å². The lowest BCUT2D eigenvalue weighted by atomic mass is 10.1. The number of aliphatic hydroxyl groups is 1. The van der Waals surface area contributed by atoms with Crippen LogP contribution in [0, 0.1) is 11.6 Å². The first kappa shape index (κ1) is 15.4. The molecule has 0 bridgehead atoms. The Balaban J connectivity index is 1.65. The maximum atomic E-state index is 13.7. The van der Waals surface area contributed by atoms with E-state index in [0.29, 0.717) is 11.6 Å². The molecule has 1 aromatic heterocycles. The smallest absolute Gasteiger partial charge is 0.131 e. The predicted octanol–water partition coefficient (Wildman–Crippen LogP) is 2.80. The van der Waals surface area contributed by atoms with E-state index in [1.54, 1.807) is 17.1 Å². The zero-order valence-corrected chi connectivity index (χ0v) is 12.5. The van der Waals surface area contributed by atoms with Gasteiger partial charge >= 0.3 is 0 Å². The number of halogens is 3. The van der Waals surface area contributed by atoms with E-state index >= 15 is 0 Å². The van der Waals surface area contributed by atoms with Crippen LogP contribution in [0.3, 0.4) is 0 Å². The summed E-state index contributed by atoms with van der Waals surface area (Å²) in [5, 5.41) is 14.9. The minimum Gasteiger partial charge on any atom is -0.387 e. The van der Waals surface area contributed by atoms with Gasteiger partial charge in [-0.15, -0.1) is 0 Å². The van der Waals surface area contributed by atoms with Gasteiger partial charge in [0.1, 0.15) is 11.6 Å². The Labute approximate surface area is 131 Å². The van der Waals surface area contributed by atoms with Crippen LogP contribution < -0.4 is 0 Å². The summed E-state index contributed by atoms with van der Waals surface area (Å²) in [7, 11) is 0. The summed E-state index contributed by atoms with van der Waals surface area (Å²) >= 11 is 5.85. The largest absolute Gasteiger partial charge is 0.387 e. The highest BCUT2D eigenvalue weighted by Gasteiger charge is 2.28. The molecule has 3 rings (SSSR count). The Bertz CT molecular complexity index is 644. The van der Waals surface area contributed by atoms with Crippen LogP contribution in [0.5, 0.6) is 0 Å². The van der Waals surface area contributed by atoms with Crippen LogP contribution in [0.4, 0.5) is 8.78 Å². The maximum Gasteiger partial charge on any atom is 0.131 e. The second-order valence-corrected chi connectivity index (χ2v) is 5.93. The first-order valence-corrected chi connectivity index (χ1v) is 7.46. The zero-order chi connectivity index (χ0) is 15.7. The summed E-state index contributed by atoms with van der Waals surface area (Å²) in [5.74, 6) is -1.44. The van der Waals surface area contributed by atoms with Crippen LogP contribution in [-0.2, 0) is 0 Å². The van der Waals surface area contributed by atoms with E-state index in [9.17, 15) is 13.9 Å². The highest BCUT2D eigenvalue weighted by atomic mass is 35.5. The van der Waals surface area contributed by atoms with Gasteiger partial charge in [0, 0.05) is 25.8 Å². The Kier molecular flexibility index (Phi) is 4.42. The van der Waals surface area contributed by atoms with Gasteiger partial charge in [-0.05, 0) is 18.6 Å². The van der Waals surface area contributed by atoms with Crippen molar-refractivity contribution in [3.8, 4) is 0 Å². The maximum absolute atomic E-state index is 13.7. The molecule has 7 heteroatoms. The first-order valence-electron chi connectivity index (χ1n) is 7.08. The molecule has 1 saturated heterocycles. The lowest BCUT2D eigenvalue weighted by Crippen LogP contribution is -2.28. The van der Waals surface area contributed by atoms with E-state index < -0.39 is 17.7 Å². The molecule has 0 amide bonds. The normalized spacial score (nSPS) is 20.5. The predicted molar refractivity (Wildman–Crippen MR) is 78.6 cm³/mol. The summed E-state index contributed by atoms with van der Waals surface area (Å²) in [5.41, 5.74) is -0.270. The lowest BCUT2D eigenvalue weighted by molar-refractivity contribution is 0.117. The van der Waals surface area contributed by atoms with Crippen molar-refractivity contribution in [2.24, 2.45) is 0 Å². The molecular weight excluding hydrogens is 312 g/mol. The van der Waals surface area contributed by atoms with Crippen molar-refractivity contribution in [1.82, 2.24) is 14.7 Å². The van der Waals surface area contributed by atoms with E-state index in [4.69, 9.17) is 11.6 Å². The standard InChI is InChI=1S/C15H16ClF2N3O/c16-10-6-19-21(7-10)11-4-5-20(8-11)9-14(22)15-12(17)2-1-3-13(15)18/h1-3,6-7,11,14,22H,4-5,8-9H2. The van der Waals surface area contributed by atoms with Crippen LogP contribution in [0.25, 0.3) is 0 Å². The van der Waals surface area contributed by atoms with Crippen LogP contribution in [0.2, 0.25) is 5.02 Å². The third-order valence-electron chi connectivity index (χ3n) is 3.96. The molecule has 22 heavy (non-hydrogen) atoms. The number of β-amino-alcohol motifs (C(OH)–C–C–N with tert-alkyl or cyclic N) is 1. The average Bonchev–Trinajstić information content (AvgIpc) is 3.07. The molecule has 0 spiro atoms. The van der Waals surface area contributed by atoms with E-state index in [2.05, 4.69) is 5.10 Å². The lowest BCUT2D eigenvalue weighted by Gasteiger charge is -2.21. The molecule has 2 unspecified atom stereocenters. The third kappa shape index (κ3) is 3.14. The number of likely N-dealkylation sites (tertiary alicyclic amines) is 1. The third-order valence-corrected chi connectivity index (χ3v) is 4.15. The molecule has 4 nitrogen and oxygen atoms in total. The van der Waals surface area contributed by atoms with Crippen molar-refractivity contribution in [3.05, 3.63) is 52.8 Å². The van der Waals surface area contributed by atoms with Crippen LogP contribution in [-0.4, -0.2) is 39.4 Å². The molecule has 1 aliphatic heterocycles. The van der Waals surface area contributed by atoms with Crippen molar-refractivity contribution in [2.75, 3.05) is 19.6 Å². The summed E-state index contributed by atoms with van der Waals surface area (Å²) in [6.45, 7) is 1.57. The zero-order valence-electron chi connectivity index (χ0n) is 11.8. The quantitative estimate of drug-likeness (QED) is 0.939. The molecule has 2 aromatic rings. The summed E-state index contributed by atoms with van der Waals surface area (Å²) in [6.07, 6.45) is 2.99. The fourth-order valence-electron chi connectivity index (χ4n) is 2.87. The molecule has 1 aliphatic rings. The van der Waals surface area contributed by atoms with Gasteiger partial charge < -0.3 is 5.11 Å². The van der Waals surface area contributed by atoms with E-state index in [1.165, 1.54) is 6.07 Å². The van der Waals surface area contributed by atoms with Crippen LogP contribution in [0.15, 0.2) is 30.6 Å². The van der Waals surface area contributed by atoms with Crippen molar-refractivity contribution in [1.29, 1.82) is 0 Å². The van der Waals surface area contributed by atoms with Gasteiger partial charge in [0.05, 0.1) is 28.9 Å². The van der Waals surface area contributed by atoms with E-state index in [1.807, 2.05) is 4.90 Å². The highest BCUT2D eigenvalue weighted by Crippen LogP contribution is 2.26. The van der Waals surface area contributed by atoms with Crippen molar-refractivity contribution in [3.63, 3.8) is 0 Å². The average molecular weight is 328 g/mol. The minimum absolute atomic E-state index is 0.158. The highest BCUT2D eigenvalue weighted by molar-refractivity contribution is 6.30. The number of benzene rings is 1. The number of aromatic nitrogens is 2. The number of rotatable bonds is 4. The fraction of sp³-hybridized carbons (Fsp3) is 0.400. The number of nitrogens with zero attached hydrogens (tertiary/aromatic N) is 3. The molecule has 2 heterocycles. The monoisotopic (exact) mass is 327 g/mol. The molecule has 118 valence electrons. The Hall–Kier alpha value is -1.50. The molecule has 1 N–H and O–H groups in total. The van der Waals surface area contributed by atoms with Crippen molar-refractivity contribution in [2.45, 2.75) is 18.6 Å². The van der Waals surface area contributed by atoms with E-state index in [-0.39, 0.29) is 18.2 Å². The summed E-state index contributed by atoms with van der Waals surface area (Å²) in [4.78, 5) is 1.97. The van der Waals surface area contributed by atoms with E-state index in [0.717, 1.165) is 25.1 Å². The molecule has 1 aromatic carbocycles. The molecule has 0 radical (unpaired) electrons. The van der Waals surface area contributed by atoms with Crippen molar-refractivity contribution < 1.29 is 13.9 Å². The SMILES string of the molecule is OC(CN1CCC(n2cc(Cl)cn2)C1)c1c(F)cccc1F. The minimum atomic E-state index is -1.19. The molecule has 0 saturated carbocycles. The Morgan fingerprint density at radius 3 is 2.73 bits per heavy atom. The molecule has 1 fully saturated rings. The van der Waals surface area contributed by atoms with Gasteiger partial charge in [0.2, 0.25) is 0 Å².